The fourth-order valence-electron chi connectivity index (χ4n) is 3.81. The second-order valence-corrected chi connectivity index (χ2v) is 10.5. The molecule has 2 heterocycles. The standard InChI is InChI=1S/C21H25BrN4O3S/c22-17-7-5-16(6-8-17)19-13-20(25-24-19)21(27)23-14-15-3-9-18(10-4-15)30(28,29)26-11-1-2-12-26/h3-10,19-20,24-25H,1-2,11-14H2,(H,23,27). The van der Waals surface area contributed by atoms with Crippen molar-refractivity contribution in [1.29, 1.82) is 0 Å². The molecule has 3 N–H and O–H groups in total. The maximum absolute atomic E-state index is 12.6. The van der Waals surface area contributed by atoms with Gasteiger partial charge < -0.3 is 5.32 Å². The number of hydrazine groups is 1. The molecule has 7 nitrogen and oxygen atoms in total. The summed E-state index contributed by atoms with van der Waals surface area (Å²) in [6.07, 6.45) is 2.48. The number of amides is 1. The Labute approximate surface area is 185 Å². The van der Waals surface area contributed by atoms with Crippen LogP contribution in [0.2, 0.25) is 0 Å². The molecule has 1 amide bonds. The third-order valence-corrected chi connectivity index (χ3v) is 8.03. The zero-order valence-electron chi connectivity index (χ0n) is 16.5. The summed E-state index contributed by atoms with van der Waals surface area (Å²) in [6.45, 7) is 1.53. The summed E-state index contributed by atoms with van der Waals surface area (Å²) in [6, 6.07) is 14.5. The second-order valence-electron chi connectivity index (χ2n) is 7.65. The van der Waals surface area contributed by atoms with Gasteiger partial charge in [-0.15, -0.1) is 0 Å². The van der Waals surface area contributed by atoms with Gasteiger partial charge in [0.1, 0.15) is 6.04 Å². The minimum Gasteiger partial charge on any atom is -0.351 e. The lowest BCUT2D eigenvalue weighted by Crippen LogP contribution is -2.42. The molecule has 30 heavy (non-hydrogen) atoms. The molecule has 2 fully saturated rings. The lowest BCUT2D eigenvalue weighted by molar-refractivity contribution is -0.123. The van der Waals surface area contributed by atoms with Gasteiger partial charge in [0, 0.05) is 30.1 Å². The van der Waals surface area contributed by atoms with E-state index >= 15 is 0 Å². The molecular formula is C21H25BrN4O3S. The van der Waals surface area contributed by atoms with Gasteiger partial charge in [0.25, 0.3) is 0 Å². The maximum Gasteiger partial charge on any atom is 0.243 e. The Morgan fingerprint density at radius 3 is 2.37 bits per heavy atom. The zero-order chi connectivity index (χ0) is 21.1. The van der Waals surface area contributed by atoms with Gasteiger partial charge in [0.15, 0.2) is 0 Å². The van der Waals surface area contributed by atoms with Crippen molar-refractivity contribution in [2.24, 2.45) is 0 Å². The Bertz CT molecular complexity index is 990. The molecule has 0 bridgehead atoms. The molecule has 2 aliphatic rings. The zero-order valence-corrected chi connectivity index (χ0v) is 18.9. The van der Waals surface area contributed by atoms with Gasteiger partial charge in [0.05, 0.1) is 4.90 Å². The molecule has 0 saturated carbocycles. The molecule has 2 saturated heterocycles. The molecule has 2 aromatic rings. The van der Waals surface area contributed by atoms with Gasteiger partial charge in [-0.2, -0.15) is 4.31 Å². The molecule has 0 aliphatic carbocycles. The number of benzene rings is 2. The Hall–Kier alpha value is -1.78. The number of halogens is 1. The second kappa shape index (κ2) is 9.15. The molecule has 9 heteroatoms. The van der Waals surface area contributed by atoms with Crippen LogP contribution in [-0.2, 0) is 21.4 Å². The van der Waals surface area contributed by atoms with E-state index in [9.17, 15) is 13.2 Å². The van der Waals surface area contributed by atoms with Crippen LogP contribution in [-0.4, -0.2) is 37.8 Å². The van der Waals surface area contributed by atoms with Crippen molar-refractivity contribution in [3.05, 3.63) is 64.1 Å². The van der Waals surface area contributed by atoms with E-state index in [4.69, 9.17) is 0 Å². The smallest absolute Gasteiger partial charge is 0.243 e. The van der Waals surface area contributed by atoms with Crippen molar-refractivity contribution >= 4 is 31.9 Å². The normalized spacial score (nSPS) is 22.3. The van der Waals surface area contributed by atoms with Crippen molar-refractivity contribution in [2.45, 2.75) is 42.8 Å². The number of hydrogen-bond donors (Lipinski definition) is 3. The fraction of sp³-hybridized carbons (Fsp3) is 0.381. The quantitative estimate of drug-likeness (QED) is 0.576. The SMILES string of the molecule is O=C(NCc1ccc(S(=O)(=O)N2CCCC2)cc1)C1CC(c2ccc(Br)cc2)NN1. The van der Waals surface area contributed by atoms with Crippen LogP contribution >= 0.6 is 15.9 Å². The van der Waals surface area contributed by atoms with E-state index < -0.39 is 10.0 Å². The molecular weight excluding hydrogens is 468 g/mol. The Balaban J connectivity index is 1.30. The molecule has 4 rings (SSSR count). The topological polar surface area (TPSA) is 90.5 Å². The highest BCUT2D eigenvalue weighted by molar-refractivity contribution is 9.10. The van der Waals surface area contributed by atoms with E-state index in [1.54, 1.807) is 24.3 Å². The van der Waals surface area contributed by atoms with Gasteiger partial charge in [-0.3, -0.25) is 4.79 Å². The number of rotatable bonds is 6. The molecule has 2 aromatic carbocycles. The molecule has 0 spiro atoms. The highest BCUT2D eigenvalue weighted by atomic mass is 79.9. The summed E-state index contributed by atoms with van der Waals surface area (Å²) in [5, 5.41) is 2.93. The number of sulfonamides is 1. The van der Waals surface area contributed by atoms with Crippen LogP contribution in [0.5, 0.6) is 0 Å². The van der Waals surface area contributed by atoms with Crippen molar-refractivity contribution < 1.29 is 13.2 Å². The van der Waals surface area contributed by atoms with E-state index in [1.165, 1.54) is 4.31 Å². The third kappa shape index (κ3) is 4.76. The van der Waals surface area contributed by atoms with Crippen molar-refractivity contribution in [3.8, 4) is 0 Å². The van der Waals surface area contributed by atoms with Gasteiger partial charge in [-0.1, -0.05) is 40.2 Å². The van der Waals surface area contributed by atoms with Crippen LogP contribution < -0.4 is 16.2 Å². The minimum atomic E-state index is -3.41. The monoisotopic (exact) mass is 492 g/mol. The Kier molecular flexibility index (Phi) is 6.54. The van der Waals surface area contributed by atoms with Crippen LogP contribution in [0.15, 0.2) is 57.9 Å². The first kappa shape index (κ1) is 21.5. The van der Waals surface area contributed by atoms with Crippen molar-refractivity contribution in [2.75, 3.05) is 13.1 Å². The van der Waals surface area contributed by atoms with Crippen molar-refractivity contribution in [3.63, 3.8) is 0 Å². The molecule has 160 valence electrons. The summed E-state index contributed by atoms with van der Waals surface area (Å²) < 4.78 is 27.7. The first-order valence-corrected chi connectivity index (χ1v) is 12.3. The first-order valence-electron chi connectivity index (χ1n) is 10.1. The number of hydrogen-bond acceptors (Lipinski definition) is 5. The van der Waals surface area contributed by atoms with Crippen molar-refractivity contribution in [1.82, 2.24) is 20.5 Å². The van der Waals surface area contributed by atoms with Crippen LogP contribution in [0.1, 0.15) is 36.4 Å². The lowest BCUT2D eigenvalue weighted by atomic mass is 10.0. The third-order valence-electron chi connectivity index (χ3n) is 5.58. The molecule has 0 aromatic heterocycles. The van der Waals surface area contributed by atoms with E-state index in [-0.39, 0.29) is 18.0 Å². The van der Waals surface area contributed by atoms with E-state index in [0.717, 1.165) is 28.4 Å². The van der Waals surface area contributed by atoms with E-state index in [2.05, 4.69) is 32.1 Å². The molecule has 2 unspecified atom stereocenters. The summed E-state index contributed by atoms with van der Waals surface area (Å²) in [5.74, 6) is -0.0872. The number of carbonyl (C=O) groups is 1. The first-order chi connectivity index (χ1) is 14.4. The summed E-state index contributed by atoms with van der Waals surface area (Å²) in [4.78, 5) is 12.8. The maximum atomic E-state index is 12.6. The summed E-state index contributed by atoms with van der Waals surface area (Å²) >= 11 is 3.43. The average Bonchev–Trinajstić information content (AvgIpc) is 3.45. The molecule has 0 radical (unpaired) electrons. The highest BCUT2D eigenvalue weighted by Crippen LogP contribution is 2.24. The Morgan fingerprint density at radius 2 is 1.70 bits per heavy atom. The number of nitrogens with zero attached hydrogens (tertiary/aromatic N) is 1. The highest BCUT2D eigenvalue weighted by Gasteiger charge is 2.30. The predicted molar refractivity (Wildman–Crippen MR) is 118 cm³/mol. The van der Waals surface area contributed by atoms with E-state index in [0.29, 0.717) is 31.0 Å². The molecule has 2 atom stereocenters. The van der Waals surface area contributed by atoms with Gasteiger partial charge in [-0.25, -0.2) is 19.3 Å². The van der Waals surface area contributed by atoms with Gasteiger partial charge >= 0.3 is 0 Å². The van der Waals surface area contributed by atoms with Gasteiger partial charge in [-0.05, 0) is 54.7 Å². The minimum absolute atomic E-state index is 0.0731. The lowest BCUT2D eigenvalue weighted by Gasteiger charge is -2.16. The van der Waals surface area contributed by atoms with Crippen LogP contribution in [0.25, 0.3) is 0 Å². The van der Waals surface area contributed by atoms with Gasteiger partial charge in [0.2, 0.25) is 15.9 Å². The largest absolute Gasteiger partial charge is 0.351 e. The van der Waals surface area contributed by atoms with Crippen LogP contribution in [0.4, 0.5) is 0 Å². The summed E-state index contributed by atoms with van der Waals surface area (Å²) in [7, 11) is -3.41. The van der Waals surface area contributed by atoms with Crippen LogP contribution in [0.3, 0.4) is 0 Å². The Morgan fingerprint density at radius 1 is 1.03 bits per heavy atom. The number of carbonyl (C=O) groups excluding carboxylic acids is 1. The fourth-order valence-corrected chi connectivity index (χ4v) is 5.59. The molecule has 2 aliphatic heterocycles. The average molecular weight is 493 g/mol. The van der Waals surface area contributed by atoms with Crippen LogP contribution in [0, 0.1) is 0 Å². The predicted octanol–water partition coefficient (Wildman–Crippen LogP) is 2.46. The van der Waals surface area contributed by atoms with E-state index in [1.807, 2.05) is 24.3 Å². The summed E-state index contributed by atoms with van der Waals surface area (Å²) in [5.41, 5.74) is 8.21. The number of nitrogens with one attached hydrogen (secondary N) is 3.